The maximum Gasteiger partial charge on any atom is 0.461 e. The van der Waals surface area contributed by atoms with E-state index in [0.717, 1.165) is 6.20 Å². The van der Waals surface area contributed by atoms with Crippen LogP contribution in [0.15, 0.2) is 18.6 Å². The molecule has 0 spiro atoms. The van der Waals surface area contributed by atoms with Crippen LogP contribution in [0.5, 0.6) is 5.88 Å². The van der Waals surface area contributed by atoms with Crippen LogP contribution in [0.25, 0.3) is 0 Å². The van der Waals surface area contributed by atoms with Crippen LogP contribution in [0.4, 0.5) is 4.79 Å². The van der Waals surface area contributed by atoms with Crippen LogP contribution in [-0.4, -0.2) is 28.8 Å². The molecular weight excluding hydrogens is 200 g/mol. The van der Waals surface area contributed by atoms with Crippen LogP contribution in [0, 0.1) is 0 Å². The zero-order valence-electron chi connectivity index (χ0n) is 6.11. The molecule has 0 radical (unpaired) electrons. The lowest BCUT2D eigenvalue weighted by atomic mass is 10.7. The van der Waals surface area contributed by atoms with E-state index in [1.54, 1.807) is 0 Å². The topological polar surface area (TPSA) is 106 Å². The Hall–Kier alpha value is -1.70. The fraction of sp³-hybridized carbons (Fsp3) is 0. The summed E-state index contributed by atoms with van der Waals surface area (Å²) < 4.78 is 25.3. The molecule has 13 heavy (non-hydrogen) atoms. The predicted octanol–water partition coefficient (Wildman–Crippen LogP) is -0.137. The van der Waals surface area contributed by atoms with Crippen molar-refractivity contribution in [2.24, 2.45) is 0 Å². The van der Waals surface area contributed by atoms with Gasteiger partial charge < -0.3 is 9.29 Å². The van der Waals surface area contributed by atoms with Gasteiger partial charge in [-0.05, 0) is 0 Å². The van der Waals surface area contributed by atoms with E-state index in [1.165, 1.54) is 12.4 Å². The summed E-state index contributed by atoms with van der Waals surface area (Å²) >= 11 is 0. The monoisotopic (exact) mass is 204 g/mol. The van der Waals surface area contributed by atoms with Gasteiger partial charge in [-0.1, -0.05) is 0 Å². The third-order valence-corrected chi connectivity index (χ3v) is 1.77. The van der Waals surface area contributed by atoms with Gasteiger partial charge in [-0.2, -0.15) is 8.42 Å². The van der Waals surface area contributed by atoms with E-state index < -0.39 is 15.4 Å². The first kappa shape index (κ1) is 9.39. The van der Waals surface area contributed by atoms with E-state index in [1.807, 2.05) is 0 Å². The lowest BCUT2D eigenvalue weighted by molar-refractivity contribution is 0.216. The summed E-state index contributed by atoms with van der Waals surface area (Å²) in [4.78, 5) is 17.0. The minimum absolute atomic E-state index is 0.384. The van der Waals surface area contributed by atoms with Gasteiger partial charge in [0.15, 0.2) is 0 Å². The molecule has 0 saturated carbocycles. The minimum atomic E-state index is -4.64. The fourth-order valence-corrected chi connectivity index (χ4v) is 0.859. The van der Waals surface area contributed by atoms with Gasteiger partial charge in [0, 0.05) is 12.4 Å². The van der Waals surface area contributed by atoms with Gasteiger partial charge in [-0.15, -0.1) is 0 Å². The smallest absolute Gasteiger partial charge is 0.461 e. The third-order valence-electron chi connectivity index (χ3n) is 0.948. The summed E-state index contributed by atoms with van der Waals surface area (Å²) in [7, 11) is -4.64. The first-order valence-electron chi connectivity index (χ1n) is 2.96. The quantitative estimate of drug-likeness (QED) is 0.668. The van der Waals surface area contributed by atoms with E-state index in [-0.39, 0.29) is 5.88 Å². The van der Waals surface area contributed by atoms with Crippen molar-refractivity contribution in [1.29, 1.82) is 0 Å². The molecule has 1 N–H and O–H groups in total. The average Bonchev–Trinajstić information content (AvgIpc) is 2.05. The molecule has 0 aliphatic heterocycles. The van der Waals surface area contributed by atoms with Crippen molar-refractivity contribution in [2.75, 3.05) is 0 Å². The van der Waals surface area contributed by atoms with Crippen LogP contribution < -0.4 is 4.18 Å². The molecule has 0 aromatic carbocycles. The molecule has 0 aliphatic rings. The zero-order chi connectivity index (χ0) is 9.90. The Balaban J connectivity index is 2.88. The van der Waals surface area contributed by atoms with Crippen molar-refractivity contribution in [2.45, 2.75) is 0 Å². The highest BCUT2D eigenvalue weighted by molar-refractivity contribution is 8.01. The average molecular weight is 204 g/mol. The Labute approximate surface area is 73.1 Å². The van der Waals surface area contributed by atoms with Crippen molar-refractivity contribution in [1.82, 2.24) is 9.97 Å². The Morgan fingerprint density at radius 1 is 1.46 bits per heavy atom. The Bertz CT molecular complexity index is 400. The highest BCUT2D eigenvalue weighted by Gasteiger charge is 2.23. The van der Waals surface area contributed by atoms with Gasteiger partial charge in [0.2, 0.25) is 0 Å². The molecule has 0 atom stereocenters. The summed E-state index contributed by atoms with van der Waals surface area (Å²) in [5.41, 5.74) is 0. The van der Waals surface area contributed by atoms with Crippen LogP contribution in [0.1, 0.15) is 0 Å². The summed E-state index contributed by atoms with van der Waals surface area (Å²) in [5.74, 6) is -0.384. The first-order valence-corrected chi connectivity index (χ1v) is 4.36. The van der Waals surface area contributed by atoms with Gasteiger partial charge in [-0.3, -0.25) is 4.98 Å². The molecule has 1 aromatic rings. The highest BCUT2D eigenvalue weighted by Crippen LogP contribution is 2.05. The van der Waals surface area contributed by atoms with E-state index in [4.69, 9.17) is 5.11 Å². The summed E-state index contributed by atoms with van der Waals surface area (Å²) in [6, 6.07) is 0. The maximum atomic E-state index is 10.6. The number of carboxylic acid groups (broad SMARTS) is 1. The number of aromatic nitrogens is 2. The molecule has 0 fully saturated rings. The summed E-state index contributed by atoms with van der Waals surface area (Å²) in [6.07, 6.45) is 3.45. The van der Waals surface area contributed by atoms with Crippen molar-refractivity contribution in [3.05, 3.63) is 18.6 Å². The van der Waals surface area contributed by atoms with Crippen molar-refractivity contribution < 1.29 is 22.5 Å². The molecule has 1 rings (SSSR count). The zero-order valence-corrected chi connectivity index (χ0v) is 6.93. The Morgan fingerprint density at radius 2 is 2.15 bits per heavy atom. The van der Waals surface area contributed by atoms with Crippen LogP contribution >= 0.6 is 0 Å². The number of nitrogens with zero attached hydrogens (tertiary/aromatic N) is 2. The Morgan fingerprint density at radius 3 is 2.62 bits per heavy atom. The second-order valence-corrected chi connectivity index (χ2v) is 3.27. The molecule has 0 unspecified atom stereocenters. The molecule has 0 saturated heterocycles. The number of carbonyl (C=O) groups is 1. The summed E-state index contributed by atoms with van der Waals surface area (Å²) in [5, 5.41) is 6.07. The molecule has 7 nitrogen and oxygen atoms in total. The fourth-order valence-electron chi connectivity index (χ4n) is 0.476. The SMILES string of the molecule is O=C(O)S(=O)(=O)Oc1cnccn1. The van der Waals surface area contributed by atoms with E-state index in [2.05, 4.69) is 14.2 Å². The normalized spacial score (nSPS) is 10.8. The standard InChI is InChI=1S/C5H4N2O5S/c8-5(9)13(10,11)12-4-3-6-1-2-7-4/h1-3H,(H,8,9). The Kier molecular flexibility index (Phi) is 2.42. The lowest BCUT2D eigenvalue weighted by Crippen LogP contribution is -2.18. The van der Waals surface area contributed by atoms with E-state index in [0.29, 0.717) is 0 Å². The highest BCUT2D eigenvalue weighted by atomic mass is 32.2. The molecule has 0 bridgehead atoms. The molecular formula is C5H4N2O5S. The van der Waals surface area contributed by atoms with Gasteiger partial charge in [-0.25, -0.2) is 9.78 Å². The van der Waals surface area contributed by atoms with Crippen LogP contribution in [0.2, 0.25) is 0 Å². The number of hydrogen-bond acceptors (Lipinski definition) is 6. The molecule has 8 heteroatoms. The molecule has 1 aromatic heterocycles. The van der Waals surface area contributed by atoms with Crippen LogP contribution in [0.3, 0.4) is 0 Å². The first-order chi connectivity index (χ1) is 6.02. The van der Waals surface area contributed by atoms with Gasteiger partial charge >= 0.3 is 15.4 Å². The lowest BCUT2D eigenvalue weighted by Gasteiger charge is -1.99. The molecule has 70 valence electrons. The van der Waals surface area contributed by atoms with Gasteiger partial charge in [0.05, 0.1) is 6.20 Å². The molecule has 1 heterocycles. The number of hydrogen-bond donors (Lipinski definition) is 1. The van der Waals surface area contributed by atoms with E-state index >= 15 is 0 Å². The largest absolute Gasteiger partial charge is 0.467 e. The maximum absolute atomic E-state index is 10.6. The van der Waals surface area contributed by atoms with E-state index in [9.17, 15) is 13.2 Å². The van der Waals surface area contributed by atoms with Gasteiger partial charge in [0.1, 0.15) is 0 Å². The van der Waals surface area contributed by atoms with Crippen molar-refractivity contribution in [3.63, 3.8) is 0 Å². The molecule has 0 amide bonds. The van der Waals surface area contributed by atoms with Gasteiger partial charge in [0.25, 0.3) is 5.88 Å². The van der Waals surface area contributed by atoms with Crippen LogP contribution in [-0.2, 0) is 10.1 Å². The third kappa shape index (κ3) is 2.37. The van der Waals surface area contributed by atoms with Crippen molar-refractivity contribution in [3.8, 4) is 5.88 Å². The summed E-state index contributed by atoms with van der Waals surface area (Å²) in [6.45, 7) is 0. The second kappa shape index (κ2) is 3.35. The molecule has 0 aliphatic carbocycles. The second-order valence-electron chi connectivity index (χ2n) is 1.85. The van der Waals surface area contributed by atoms with Crippen molar-refractivity contribution >= 4 is 15.4 Å². The minimum Gasteiger partial charge on any atom is -0.467 e. The predicted molar refractivity (Wildman–Crippen MR) is 39.6 cm³/mol. The number of rotatable bonds is 2.